The SMILES string of the molecule is COCCn1c(SCC(=O)c2ccc3c(c2)NC(=O)CO3)nc2cc(Cl)ccc2c1=O. The summed E-state index contributed by atoms with van der Waals surface area (Å²) in [4.78, 5) is 41.8. The summed E-state index contributed by atoms with van der Waals surface area (Å²) in [5.74, 6) is 0.128. The van der Waals surface area contributed by atoms with Crippen molar-refractivity contribution < 1.29 is 19.1 Å². The number of hydrogen-bond acceptors (Lipinski definition) is 7. The van der Waals surface area contributed by atoms with Crippen LogP contribution in [0.25, 0.3) is 10.9 Å². The number of anilines is 1. The predicted molar refractivity (Wildman–Crippen MR) is 119 cm³/mol. The van der Waals surface area contributed by atoms with Gasteiger partial charge in [-0.1, -0.05) is 23.4 Å². The lowest BCUT2D eigenvalue weighted by molar-refractivity contribution is -0.118. The average Bonchev–Trinajstić information content (AvgIpc) is 2.76. The number of amides is 1. The number of carbonyl (C=O) groups is 2. The van der Waals surface area contributed by atoms with Gasteiger partial charge in [0.25, 0.3) is 11.5 Å². The number of nitrogens with one attached hydrogen (secondary N) is 1. The molecule has 3 aromatic rings. The molecule has 1 aromatic heterocycles. The number of fused-ring (bicyclic) bond motifs is 2. The number of aromatic nitrogens is 2. The van der Waals surface area contributed by atoms with E-state index in [4.69, 9.17) is 21.1 Å². The minimum absolute atomic E-state index is 0.0488. The van der Waals surface area contributed by atoms with Crippen LogP contribution in [0.5, 0.6) is 5.75 Å². The van der Waals surface area contributed by atoms with E-state index in [1.165, 1.54) is 4.57 Å². The first-order valence-corrected chi connectivity index (χ1v) is 10.7. The second kappa shape index (κ2) is 9.09. The Hall–Kier alpha value is -2.88. The van der Waals surface area contributed by atoms with Crippen LogP contribution in [-0.4, -0.2) is 47.3 Å². The number of Topliss-reactive ketones (excluding diaryl/α,β-unsaturated/α-hetero) is 1. The summed E-state index contributed by atoms with van der Waals surface area (Å²) < 4.78 is 11.9. The predicted octanol–water partition coefficient (Wildman–Crippen LogP) is 3.00. The standard InChI is InChI=1S/C21H18ClN3O5S/c1-29-7-6-25-20(28)14-4-3-13(22)9-15(14)24-21(25)31-11-17(26)12-2-5-18-16(8-12)23-19(27)10-30-18/h2-5,8-9H,6-7,10-11H2,1H3,(H,23,27). The van der Waals surface area contributed by atoms with Gasteiger partial charge in [-0.15, -0.1) is 0 Å². The Morgan fingerprint density at radius 1 is 1.29 bits per heavy atom. The van der Waals surface area contributed by atoms with E-state index in [9.17, 15) is 14.4 Å². The van der Waals surface area contributed by atoms with Gasteiger partial charge in [-0.2, -0.15) is 0 Å². The van der Waals surface area contributed by atoms with E-state index in [2.05, 4.69) is 10.3 Å². The number of halogens is 1. The highest BCUT2D eigenvalue weighted by Crippen LogP contribution is 2.29. The summed E-state index contributed by atoms with van der Waals surface area (Å²) >= 11 is 7.21. The third-order valence-electron chi connectivity index (χ3n) is 4.67. The highest BCUT2D eigenvalue weighted by molar-refractivity contribution is 7.99. The fourth-order valence-corrected chi connectivity index (χ4v) is 4.22. The first kappa shape index (κ1) is 21.4. The number of benzene rings is 2. The molecule has 0 bridgehead atoms. The molecule has 10 heteroatoms. The van der Waals surface area contributed by atoms with Crippen LogP contribution in [0.3, 0.4) is 0 Å². The maximum Gasteiger partial charge on any atom is 0.262 e. The summed E-state index contributed by atoms with van der Waals surface area (Å²) in [5, 5.41) is 4.01. The van der Waals surface area contributed by atoms with E-state index in [0.29, 0.717) is 51.2 Å². The smallest absolute Gasteiger partial charge is 0.262 e. The Labute approximate surface area is 186 Å². The zero-order valence-corrected chi connectivity index (χ0v) is 18.1. The summed E-state index contributed by atoms with van der Waals surface area (Å²) in [6, 6.07) is 9.78. The molecule has 4 rings (SSSR count). The Morgan fingerprint density at radius 2 is 2.13 bits per heavy atom. The highest BCUT2D eigenvalue weighted by Gasteiger charge is 2.19. The van der Waals surface area contributed by atoms with Crippen molar-refractivity contribution in [2.75, 3.05) is 31.4 Å². The van der Waals surface area contributed by atoms with Gasteiger partial charge in [0.15, 0.2) is 17.5 Å². The summed E-state index contributed by atoms with van der Waals surface area (Å²) in [6.45, 7) is 0.582. The molecule has 0 atom stereocenters. The average molecular weight is 460 g/mol. The van der Waals surface area contributed by atoms with Crippen molar-refractivity contribution in [1.29, 1.82) is 0 Å². The molecule has 160 valence electrons. The summed E-state index contributed by atoms with van der Waals surface area (Å²) in [5.41, 5.74) is 1.13. The second-order valence-corrected chi connectivity index (χ2v) is 8.14. The molecule has 0 radical (unpaired) electrons. The van der Waals surface area contributed by atoms with Crippen LogP contribution in [0.4, 0.5) is 5.69 Å². The third-order valence-corrected chi connectivity index (χ3v) is 5.88. The van der Waals surface area contributed by atoms with Crippen LogP contribution in [0.1, 0.15) is 10.4 Å². The number of methoxy groups -OCH3 is 1. The van der Waals surface area contributed by atoms with Crippen LogP contribution in [-0.2, 0) is 16.1 Å². The maximum absolute atomic E-state index is 12.9. The van der Waals surface area contributed by atoms with E-state index in [1.54, 1.807) is 43.5 Å². The molecule has 1 aliphatic heterocycles. The van der Waals surface area contributed by atoms with E-state index in [1.807, 2.05) is 0 Å². The molecule has 2 heterocycles. The number of ketones is 1. The van der Waals surface area contributed by atoms with Gasteiger partial charge in [-0.05, 0) is 36.4 Å². The normalized spacial score (nSPS) is 12.9. The van der Waals surface area contributed by atoms with Crippen LogP contribution < -0.4 is 15.6 Å². The lowest BCUT2D eigenvalue weighted by Gasteiger charge is -2.18. The maximum atomic E-state index is 12.9. The Bertz CT molecular complexity index is 1240. The lowest BCUT2D eigenvalue weighted by atomic mass is 10.1. The molecule has 0 saturated carbocycles. The van der Waals surface area contributed by atoms with Crippen LogP contribution in [0.2, 0.25) is 5.02 Å². The number of thioether (sulfide) groups is 1. The van der Waals surface area contributed by atoms with Gasteiger partial charge in [0, 0.05) is 17.7 Å². The minimum atomic E-state index is -0.271. The van der Waals surface area contributed by atoms with Crippen molar-refractivity contribution in [2.24, 2.45) is 0 Å². The molecule has 0 aliphatic carbocycles. The van der Waals surface area contributed by atoms with E-state index < -0.39 is 0 Å². The number of ether oxygens (including phenoxy) is 2. The van der Waals surface area contributed by atoms with Crippen molar-refractivity contribution in [3.8, 4) is 5.75 Å². The van der Waals surface area contributed by atoms with Crippen LogP contribution in [0.15, 0.2) is 46.3 Å². The molecule has 8 nitrogen and oxygen atoms in total. The molecule has 1 N–H and O–H groups in total. The van der Waals surface area contributed by atoms with Crippen LogP contribution >= 0.6 is 23.4 Å². The monoisotopic (exact) mass is 459 g/mol. The zero-order valence-electron chi connectivity index (χ0n) is 16.5. The zero-order chi connectivity index (χ0) is 22.0. The third kappa shape index (κ3) is 4.58. The first-order chi connectivity index (χ1) is 15.0. The van der Waals surface area contributed by atoms with Crippen molar-refractivity contribution in [3.05, 3.63) is 57.3 Å². The lowest BCUT2D eigenvalue weighted by Crippen LogP contribution is -2.26. The van der Waals surface area contributed by atoms with Gasteiger partial charge in [-0.3, -0.25) is 19.0 Å². The number of rotatable bonds is 7. The van der Waals surface area contributed by atoms with Crippen molar-refractivity contribution >= 4 is 51.6 Å². The molecule has 0 saturated heterocycles. The topological polar surface area (TPSA) is 99.5 Å². The number of carbonyl (C=O) groups excluding carboxylic acids is 2. The van der Waals surface area contributed by atoms with Crippen molar-refractivity contribution in [2.45, 2.75) is 11.7 Å². The molecular weight excluding hydrogens is 442 g/mol. The largest absolute Gasteiger partial charge is 0.482 e. The van der Waals surface area contributed by atoms with Gasteiger partial charge < -0.3 is 14.8 Å². The minimum Gasteiger partial charge on any atom is -0.482 e. The van der Waals surface area contributed by atoms with Gasteiger partial charge in [-0.25, -0.2) is 4.98 Å². The quantitative estimate of drug-likeness (QED) is 0.329. The van der Waals surface area contributed by atoms with E-state index >= 15 is 0 Å². The Morgan fingerprint density at radius 3 is 2.94 bits per heavy atom. The molecule has 0 fully saturated rings. The van der Waals surface area contributed by atoms with E-state index in [-0.39, 0.29) is 29.6 Å². The van der Waals surface area contributed by atoms with Gasteiger partial charge in [0.1, 0.15) is 5.75 Å². The molecule has 1 aliphatic rings. The van der Waals surface area contributed by atoms with Gasteiger partial charge in [0.2, 0.25) is 0 Å². The molecule has 1 amide bonds. The molecule has 0 unspecified atom stereocenters. The Balaban J connectivity index is 1.60. The van der Waals surface area contributed by atoms with Gasteiger partial charge >= 0.3 is 0 Å². The van der Waals surface area contributed by atoms with Crippen molar-refractivity contribution in [1.82, 2.24) is 9.55 Å². The molecule has 31 heavy (non-hydrogen) atoms. The molecule has 2 aromatic carbocycles. The molecule has 0 spiro atoms. The highest BCUT2D eigenvalue weighted by atomic mass is 35.5. The van der Waals surface area contributed by atoms with Gasteiger partial charge in [0.05, 0.1) is 35.5 Å². The fourth-order valence-electron chi connectivity index (χ4n) is 3.13. The summed E-state index contributed by atoms with van der Waals surface area (Å²) in [7, 11) is 1.55. The Kier molecular flexibility index (Phi) is 6.26. The van der Waals surface area contributed by atoms with Crippen LogP contribution in [0, 0.1) is 0 Å². The van der Waals surface area contributed by atoms with Crippen molar-refractivity contribution in [3.63, 3.8) is 0 Å². The van der Waals surface area contributed by atoms with E-state index in [0.717, 1.165) is 11.8 Å². The number of nitrogens with zero attached hydrogens (tertiary/aromatic N) is 2. The summed E-state index contributed by atoms with van der Waals surface area (Å²) in [6.07, 6.45) is 0. The second-order valence-electron chi connectivity index (χ2n) is 6.77. The first-order valence-electron chi connectivity index (χ1n) is 9.38. The molecular formula is C21H18ClN3O5S. The number of hydrogen-bond donors (Lipinski definition) is 1. The fraction of sp³-hybridized carbons (Fsp3) is 0.238.